The number of hydrogen-bond donors (Lipinski definition) is 2. The van der Waals surface area contributed by atoms with Gasteiger partial charge in [0.15, 0.2) is 0 Å². The van der Waals surface area contributed by atoms with Crippen LogP contribution in [0.4, 0.5) is 10.5 Å². The predicted octanol–water partition coefficient (Wildman–Crippen LogP) is 2.51. The highest BCUT2D eigenvalue weighted by Gasteiger charge is 2.21. The topological polar surface area (TPSA) is 70.7 Å². The minimum Gasteiger partial charge on any atom is -0.496 e. The van der Waals surface area contributed by atoms with Gasteiger partial charge in [-0.05, 0) is 49.2 Å². The molecular weight excluding hydrogens is 330 g/mol. The molecule has 1 aliphatic rings. The maximum absolute atomic E-state index is 12.3. The molecule has 0 aromatic heterocycles. The Balaban J connectivity index is 1.57. The number of urea groups is 1. The SMILES string of the molecule is COc1ccc(C)cc1CCNC(=O)c1ccc(N2CCNC2=O)cc1. The van der Waals surface area contributed by atoms with E-state index in [1.165, 1.54) is 0 Å². The maximum Gasteiger partial charge on any atom is 0.321 e. The number of amides is 3. The number of anilines is 1. The van der Waals surface area contributed by atoms with Crippen molar-refractivity contribution in [2.75, 3.05) is 31.6 Å². The molecule has 6 heteroatoms. The van der Waals surface area contributed by atoms with Gasteiger partial charge in [-0.1, -0.05) is 17.7 Å². The van der Waals surface area contributed by atoms with Crippen LogP contribution in [0.5, 0.6) is 5.75 Å². The van der Waals surface area contributed by atoms with Crippen molar-refractivity contribution in [2.24, 2.45) is 0 Å². The first-order chi connectivity index (χ1) is 12.6. The minimum atomic E-state index is -0.131. The lowest BCUT2D eigenvalue weighted by atomic mass is 10.1. The van der Waals surface area contributed by atoms with Crippen LogP contribution < -0.4 is 20.3 Å². The lowest BCUT2D eigenvalue weighted by Gasteiger charge is -2.14. The van der Waals surface area contributed by atoms with Gasteiger partial charge in [0.05, 0.1) is 7.11 Å². The molecule has 2 aromatic rings. The highest BCUT2D eigenvalue weighted by molar-refractivity contribution is 5.97. The smallest absolute Gasteiger partial charge is 0.321 e. The molecule has 0 unspecified atom stereocenters. The lowest BCUT2D eigenvalue weighted by Crippen LogP contribution is -2.28. The van der Waals surface area contributed by atoms with E-state index in [1.807, 2.05) is 19.1 Å². The van der Waals surface area contributed by atoms with Crippen molar-refractivity contribution in [1.82, 2.24) is 10.6 Å². The zero-order valence-corrected chi connectivity index (χ0v) is 15.0. The Morgan fingerprint density at radius 1 is 1.23 bits per heavy atom. The van der Waals surface area contributed by atoms with Crippen molar-refractivity contribution < 1.29 is 14.3 Å². The second kappa shape index (κ2) is 7.91. The fourth-order valence-electron chi connectivity index (χ4n) is 3.03. The predicted molar refractivity (Wildman–Crippen MR) is 101 cm³/mol. The molecule has 2 N–H and O–H groups in total. The van der Waals surface area contributed by atoms with Gasteiger partial charge in [0.1, 0.15) is 5.75 Å². The molecule has 0 spiro atoms. The van der Waals surface area contributed by atoms with E-state index in [9.17, 15) is 9.59 Å². The van der Waals surface area contributed by atoms with Gasteiger partial charge >= 0.3 is 6.03 Å². The number of carbonyl (C=O) groups is 2. The molecule has 0 atom stereocenters. The Morgan fingerprint density at radius 3 is 2.65 bits per heavy atom. The molecule has 0 radical (unpaired) electrons. The Bertz CT molecular complexity index is 802. The fraction of sp³-hybridized carbons (Fsp3) is 0.300. The van der Waals surface area contributed by atoms with Gasteiger partial charge in [0.25, 0.3) is 5.91 Å². The number of aryl methyl sites for hydroxylation is 1. The molecule has 6 nitrogen and oxygen atoms in total. The Labute approximate surface area is 153 Å². The van der Waals surface area contributed by atoms with E-state index in [2.05, 4.69) is 16.7 Å². The molecule has 1 saturated heterocycles. The van der Waals surface area contributed by atoms with Crippen molar-refractivity contribution >= 4 is 17.6 Å². The molecule has 1 aliphatic heterocycles. The van der Waals surface area contributed by atoms with Crippen molar-refractivity contribution in [1.29, 1.82) is 0 Å². The van der Waals surface area contributed by atoms with E-state index >= 15 is 0 Å². The molecule has 3 rings (SSSR count). The minimum absolute atomic E-state index is 0.102. The van der Waals surface area contributed by atoms with Crippen LogP contribution in [-0.4, -0.2) is 38.7 Å². The number of benzene rings is 2. The number of nitrogens with zero attached hydrogens (tertiary/aromatic N) is 1. The summed E-state index contributed by atoms with van der Waals surface area (Å²) in [6.45, 7) is 3.84. The van der Waals surface area contributed by atoms with Crippen molar-refractivity contribution in [2.45, 2.75) is 13.3 Å². The highest BCUT2D eigenvalue weighted by atomic mass is 16.5. The largest absolute Gasteiger partial charge is 0.496 e. The van der Waals surface area contributed by atoms with Crippen LogP contribution in [0, 0.1) is 6.92 Å². The van der Waals surface area contributed by atoms with E-state index in [1.54, 1.807) is 36.3 Å². The zero-order valence-electron chi connectivity index (χ0n) is 15.0. The van der Waals surface area contributed by atoms with Gasteiger partial charge < -0.3 is 15.4 Å². The van der Waals surface area contributed by atoms with Gasteiger partial charge in [-0.15, -0.1) is 0 Å². The molecule has 1 fully saturated rings. The molecule has 0 aliphatic carbocycles. The first kappa shape index (κ1) is 17.8. The molecular formula is C20H23N3O3. The van der Waals surface area contributed by atoms with Crippen LogP contribution in [-0.2, 0) is 6.42 Å². The highest BCUT2D eigenvalue weighted by Crippen LogP contribution is 2.20. The third-order valence-electron chi connectivity index (χ3n) is 4.41. The number of nitrogens with one attached hydrogen (secondary N) is 2. The molecule has 2 aromatic carbocycles. The summed E-state index contributed by atoms with van der Waals surface area (Å²) < 4.78 is 5.36. The number of ether oxygens (including phenoxy) is 1. The van der Waals surface area contributed by atoms with E-state index in [0.717, 1.165) is 22.6 Å². The molecule has 136 valence electrons. The maximum atomic E-state index is 12.3. The summed E-state index contributed by atoms with van der Waals surface area (Å²) in [4.78, 5) is 25.6. The third kappa shape index (κ3) is 3.96. The van der Waals surface area contributed by atoms with E-state index in [4.69, 9.17) is 4.74 Å². The summed E-state index contributed by atoms with van der Waals surface area (Å²) in [6, 6.07) is 13.0. The lowest BCUT2D eigenvalue weighted by molar-refractivity contribution is 0.0954. The second-order valence-corrected chi connectivity index (χ2v) is 6.25. The molecule has 26 heavy (non-hydrogen) atoms. The average molecular weight is 353 g/mol. The summed E-state index contributed by atoms with van der Waals surface area (Å²) in [6.07, 6.45) is 0.697. The van der Waals surface area contributed by atoms with E-state index < -0.39 is 0 Å². The molecule has 0 saturated carbocycles. The third-order valence-corrected chi connectivity index (χ3v) is 4.41. The summed E-state index contributed by atoms with van der Waals surface area (Å²) in [5, 5.41) is 5.69. The van der Waals surface area contributed by atoms with Crippen molar-refractivity contribution in [3.63, 3.8) is 0 Å². The summed E-state index contributed by atoms with van der Waals surface area (Å²) >= 11 is 0. The standard InChI is InChI=1S/C20H23N3O3/c1-14-3-8-18(26-2)16(13-14)9-10-21-19(24)15-4-6-17(7-5-15)23-12-11-22-20(23)25/h3-8,13H,9-12H2,1-2H3,(H,21,24)(H,22,25). The number of carbonyl (C=O) groups excluding carboxylic acids is 2. The Hall–Kier alpha value is -3.02. The number of methoxy groups -OCH3 is 1. The summed E-state index contributed by atoms with van der Waals surface area (Å²) in [5.41, 5.74) is 3.60. The normalized spacial score (nSPS) is 13.5. The van der Waals surface area contributed by atoms with Gasteiger partial charge in [-0.25, -0.2) is 4.79 Å². The van der Waals surface area contributed by atoms with Crippen LogP contribution in [0.25, 0.3) is 0 Å². The Kier molecular flexibility index (Phi) is 5.41. The molecule has 3 amide bonds. The van der Waals surface area contributed by atoms with Gasteiger partial charge in [0.2, 0.25) is 0 Å². The monoisotopic (exact) mass is 353 g/mol. The first-order valence-corrected chi connectivity index (χ1v) is 8.65. The first-order valence-electron chi connectivity index (χ1n) is 8.65. The van der Waals surface area contributed by atoms with Gasteiger partial charge in [-0.2, -0.15) is 0 Å². The summed E-state index contributed by atoms with van der Waals surface area (Å²) in [7, 11) is 1.65. The quantitative estimate of drug-likeness (QED) is 0.838. The molecule has 1 heterocycles. The second-order valence-electron chi connectivity index (χ2n) is 6.25. The van der Waals surface area contributed by atoms with E-state index in [-0.39, 0.29) is 11.9 Å². The van der Waals surface area contributed by atoms with Crippen LogP contribution in [0.15, 0.2) is 42.5 Å². The van der Waals surface area contributed by atoms with Crippen LogP contribution in [0.1, 0.15) is 21.5 Å². The van der Waals surface area contributed by atoms with Crippen molar-refractivity contribution in [3.05, 3.63) is 59.2 Å². The van der Waals surface area contributed by atoms with Crippen LogP contribution >= 0.6 is 0 Å². The van der Waals surface area contributed by atoms with E-state index in [0.29, 0.717) is 31.6 Å². The van der Waals surface area contributed by atoms with Gasteiger partial charge in [0, 0.05) is 30.9 Å². The zero-order chi connectivity index (χ0) is 18.5. The average Bonchev–Trinajstić information content (AvgIpc) is 3.08. The molecule has 0 bridgehead atoms. The number of hydrogen-bond acceptors (Lipinski definition) is 3. The Morgan fingerprint density at radius 2 is 2.00 bits per heavy atom. The van der Waals surface area contributed by atoms with Gasteiger partial charge in [-0.3, -0.25) is 9.69 Å². The van der Waals surface area contributed by atoms with Crippen LogP contribution in [0.2, 0.25) is 0 Å². The fourth-order valence-corrected chi connectivity index (χ4v) is 3.03. The van der Waals surface area contributed by atoms with Crippen LogP contribution in [0.3, 0.4) is 0 Å². The number of rotatable bonds is 6. The van der Waals surface area contributed by atoms with Crippen molar-refractivity contribution in [3.8, 4) is 5.75 Å². The summed E-state index contributed by atoms with van der Waals surface area (Å²) in [5.74, 6) is 0.701.